The van der Waals surface area contributed by atoms with Crippen LogP contribution in [0.2, 0.25) is 0 Å². The molecule has 1 fully saturated rings. The maximum Gasteiger partial charge on any atom is 0.222 e. The van der Waals surface area contributed by atoms with Gasteiger partial charge in [0.05, 0.1) is 5.69 Å². The van der Waals surface area contributed by atoms with Gasteiger partial charge in [-0.25, -0.2) is 9.50 Å². The van der Waals surface area contributed by atoms with Crippen molar-refractivity contribution in [3.05, 3.63) is 28.7 Å². The zero-order valence-corrected chi connectivity index (χ0v) is 16.7. The van der Waals surface area contributed by atoms with Gasteiger partial charge in [0, 0.05) is 55.8 Å². The quantitative estimate of drug-likeness (QED) is 0.844. The van der Waals surface area contributed by atoms with Crippen LogP contribution < -0.4 is 5.32 Å². The largest absolute Gasteiger partial charge is 0.356 e. The monoisotopic (exact) mass is 371 g/mol. The Morgan fingerprint density at radius 2 is 2.07 bits per heavy atom. The smallest absolute Gasteiger partial charge is 0.222 e. The normalized spacial score (nSPS) is 16.9. The molecule has 0 spiro atoms. The van der Waals surface area contributed by atoms with Crippen molar-refractivity contribution in [2.45, 2.75) is 59.3 Å². The van der Waals surface area contributed by atoms with Crippen molar-refractivity contribution in [2.24, 2.45) is 0 Å². The van der Waals surface area contributed by atoms with E-state index >= 15 is 0 Å². The van der Waals surface area contributed by atoms with Crippen molar-refractivity contribution in [1.82, 2.24) is 24.8 Å². The van der Waals surface area contributed by atoms with E-state index in [1.165, 1.54) is 0 Å². The van der Waals surface area contributed by atoms with Crippen LogP contribution in [0.15, 0.2) is 6.07 Å². The third-order valence-corrected chi connectivity index (χ3v) is 5.42. The lowest BCUT2D eigenvalue weighted by atomic mass is 10.1. The number of fused-ring (bicyclic) bond motifs is 1. The molecule has 1 aliphatic heterocycles. The fourth-order valence-corrected chi connectivity index (χ4v) is 3.88. The Morgan fingerprint density at radius 1 is 1.30 bits per heavy atom. The van der Waals surface area contributed by atoms with Gasteiger partial charge >= 0.3 is 0 Å². The van der Waals surface area contributed by atoms with Crippen LogP contribution in [-0.4, -0.2) is 50.9 Å². The summed E-state index contributed by atoms with van der Waals surface area (Å²) < 4.78 is 1.89. The highest BCUT2D eigenvalue weighted by atomic mass is 16.2. The zero-order valence-electron chi connectivity index (χ0n) is 16.7. The summed E-state index contributed by atoms with van der Waals surface area (Å²) >= 11 is 0. The number of hydrogen-bond donors (Lipinski definition) is 1. The Morgan fingerprint density at radius 3 is 2.78 bits per heavy atom. The first-order valence-electron chi connectivity index (χ1n) is 9.84. The molecule has 0 aliphatic carbocycles. The Balaban J connectivity index is 1.82. The molecule has 2 aromatic rings. The van der Waals surface area contributed by atoms with Crippen molar-refractivity contribution in [1.29, 1.82) is 0 Å². The molecule has 0 radical (unpaired) electrons. The standard InChI is InChI=1S/C20H29N5O2/c1-5-20(27)24-10-9-15(12-24)17-11-18-22-13(3)16(14(4)25(18)23-17)7-8-19(26)21-6-2/h11,15H,5-10,12H2,1-4H3,(H,21,26)/t15-/m1/s1. The van der Waals surface area contributed by atoms with Crippen LogP contribution in [0, 0.1) is 13.8 Å². The first kappa shape index (κ1) is 19.3. The molecule has 1 atom stereocenters. The summed E-state index contributed by atoms with van der Waals surface area (Å²) in [5, 5.41) is 7.63. The Hall–Kier alpha value is -2.44. The van der Waals surface area contributed by atoms with Crippen molar-refractivity contribution >= 4 is 17.5 Å². The molecule has 1 saturated heterocycles. The molecule has 0 aromatic carbocycles. The summed E-state index contributed by atoms with van der Waals surface area (Å²) in [7, 11) is 0. The Labute approximate surface area is 160 Å². The molecule has 2 aromatic heterocycles. The van der Waals surface area contributed by atoms with E-state index in [4.69, 9.17) is 10.1 Å². The van der Waals surface area contributed by atoms with E-state index < -0.39 is 0 Å². The fourth-order valence-electron chi connectivity index (χ4n) is 3.88. The van der Waals surface area contributed by atoms with E-state index in [0.29, 0.717) is 25.8 Å². The minimum absolute atomic E-state index is 0.0594. The van der Waals surface area contributed by atoms with Crippen LogP contribution in [0.25, 0.3) is 5.65 Å². The van der Waals surface area contributed by atoms with Gasteiger partial charge in [-0.05, 0) is 39.2 Å². The van der Waals surface area contributed by atoms with Crippen LogP contribution in [0.3, 0.4) is 0 Å². The van der Waals surface area contributed by atoms with E-state index in [1.807, 2.05) is 43.2 Å². The molecule has 0 bridgehead atoms. The predicted molar refractivity (Wildman–Crippen MR) is 104 cm³/mol. The van der Waals surface area contributed by atoms with Crippen molar-refractivity contribution in [3.8, 4) is 0 Å². The summed E-state index contributed by atoms with van der Waals surface area (Å²) in [6.07, 6.45) is 2.60. The number of amides is 2. The number of likely N-dealkylation sites (tertiary alicyclic amines) is 1. The van der Waals surface area contributed by atoms with Gasteiger partial charge in [0.1, 0.15) is 0 Å². The number of aryl methyl sites for hydroxylation is 2. The van der Waals surface area contributed by atoms with Gasteiger partial charge in [0.2, 0.25) is 11.8 Å². The first-order valence-corrected chi connectivity index (χ1v) is 9.84. The number of rotatable bonds is 6. The third-order valence-electron chi connectivity index (χ3n) is 5.42. The van der Waals surface area contributed by atoms with Crippen molar-refractivity contribution in [3.63, 3.8) is 0 Å². The molecular formula is C20H29N5O2. The van der Waals surface area contributed by atoms with Gasteiger partial charge in [-0.1, -0.05) is 6.92 Å². The second-order valence-electron chi connectivity index (χ2n) is 7.23. The minimum atomic E-state index is 0.0594. The second-order valence-corrected chi connectivity index (χ2v) is 7.23. The number of nitrogens with one attached hydrogen (secondary N) is 1. The number of aromatic nitrogens is 3. The van der Waals surface area contributed by atoms with E-state index in [1.54, 1.807) is 0 Å². The highest BCUT2D eigenvalue weighted by Crippen LogP contribution is 2.28. The summed E-state index contributed by atoms with van der Waals surface area (Å²) in [5.41, 5.74) is 4.90. The maximum absolute atomic E-state index is 11.9. The Kier molecular flexibility index (Phi) is 5.77. The predicted octanol–water partition coefficient (Wildman–Crippen LogP) is 2.14. The Bertz CT molecular complexity index is 858. The molecular weight excluding hydrogens is 342 g/mol. The van der Waals surface area contributed by atoms with Crippen LogP contribution in [0.4, 0.5) is 0 Å². The third kappa shape index (κ3) is 3.96. The zero-order chi connectivity index (χ0) is 19.6. The van der Waals surface area contributed by atoms with Crippen molar-refractivity contribution in [2.75, 3.05) is 19.6 Å². The van der Waals surface area contributed by atoms with Crippen LogP contribution in [-0.2, 0) is 16.0 Å². The summed E-state index contributed by atoms with van der Waals surface area (Å²) in [6, 6.07) is 2.04. The molecule has 3 rings (SSSR count). The summed E-state index contributed by atoms with van der Waals surface area (Å²) in [5.74, 6) is 0.531. The van der Waals surface area contributed by atoms with Gasteiger partial charge in [-0.15, -0.1) is 0 Å². The second kappa shape index (κ2) is 8.06. The molecule has 1 aliphatic rings. The highest BCUT2D eigenvalue weighted by molar-refractivity contribution is 5.76. The van der Waals surface area contributed by atoms with E-state index in [-0.39, 0.29) is 17.7 Å². The van der Waals surface area contributed by atoms with E-state index in [9.17, 15) is 9.59 Å². The van der Waals surface area contributed by atoms with Gasteiger partial charge in [0.25, 0.3) is 0 Å². The van der Waals surface area contributed by atoms with Crippen LogP contribution in [0.5, 0.6) is 0 Å². The molecule has 7 heteroatoms. The lowest BCUT2D eigenvalue weighted by molar-refractivity contribution is -0.129. The lowest BCUT2D eigenvalue weighted by Crippen LogP contribution is -2.27. The number of carbonyl (C=O) groups excluding carboxylic acids is 2. The minimum Gasteiger partial charge on any atom is -0.356 e. The van der Waals surface area contributed by atoms with Gasteiger partial charge < -0.3 is 10.2 Å². The molecule has 146 valence electrons. The molecule has 0 saturated carbocycles. The van der Waals surface area contributed by atoms with Crippen LogP contribution in [0.1, 0.15) is 61.7 Å². The molecule has 1 N–H and O–H groups in total. The maximum atomic E-state index is 11.9. The molecule has 7 nitrogen and oxygen atoms in total. The summed E-state index contributed by atoms with van der Waals surface area (Å²) in [4.78, 5) is 30.4. The summed E-state index contributed by atoms with van der Waals surface area (Å²) in [6.45, 7) is 10.0. The van der Waals surface area contributed by atoms with E-state index in [0.717, 1.165) is 47.8 Å². The topological polar surface area (TPSA) is 79.6 Å². The fraction of sp³-hybridized carbons (Fsp3) is 0.600. The van der Waals surface area contributed by atoms with Gasteiger partial charge in [0.15, 0.2) is 5.65 Å². The van der Waals surface area contributed by atoms with Gasteiger partial charge in [-0.3, -0.25) is 9.59 Å². The van der Waals surface area contributed by atoms with Gasteiger partial charge in [-0.2, -0.15) is 5.10 Å². The van der Waals surface area contributed by atoms with E-state index in [2.05, 4.69) is 5.32 Å². The number of carbonyl (C=O) groups is 2. The molecule has 2 amide bonds. The first-order chi connectivity index (χ1) is 12.9. The van der Waals surface area contributed by atoms with Crippen LogP contribution >= 0.6 is 0 Å². The molecule has 0 unspecified atom stereocenters. The number of nitrogens with zero attached hydrogens (tertiary/aromatic N) is 4. The number of hydrogen-bond acceptors (Lipinski definition) is 4. The molecule has 27 heavy (non-hydrogen) atoms. The lowest BCUT2D eigenvalue weighted by Gasteiger charge is -2.14. The van der Waals surface area contributed by atoms with Crippen molar-refractivity contribution < 1.29 is 9.59 Å². The highest BCUT2D eigenvalue weighted by Gasteiger charge is 2.28. The molecule has 3 heterocycles. The SMILES string of the molecule is CCNC(=O)CCc1c(C)nc2cc([C@@H]3CCN(C(=O)CC)C3)nn2c1C. The average Bonchev–Trinajstić information content (AvgIpc) is 3.28. The average molecular weight is 371 g/mol.